The van der Waals surface area contributed by atoms with E-state index < -0.39 is 34.5 Å². The molecule has 0 saturated carbocycles. The van der Waals surface area contributed by atoms with Crippen LogP contribution in [-0.2, 0) is 26.0 Å². The van der Waals surface area contributed by atoms with Gasteiger partial charge in [-0.15, -0.1) is 0 Å². The quantitative estimate of drug-likeness (QED) is 0.156. The maximum Gasteiger partial charge on any atom is 0.323 e. The summed E-state index contributed by atoms with van der Waals surface area (Å²) in [5.41, 5.74) is 3.07. The molecule has 0 bridgehead atoms. The lowest BCUT2D eigenvalue weighted by atomic mass is 10.1. The van der Waals surface area contributed by atoms with Crippen molar-refractivity contribution in [2.75, 3.05) is 23.1 Å². The van der Waals surface area contributed by atoms with Gasteiger partial charge in [0.1, 0.15) is 10.6 Å². The second kappa shape index (κ2) is 14.2. The number of aromatic nitrogens is 2. The molecule has 228 valence electrons. The first-order valence-corrected chi connectivity index (χ1v) is 14.7. The molecular formula is C30H30N6O7S. The lowest BCUT2D eigenvalue weighted by molar-refractivity contribution is -0.137. The number of nitrogens with one attached hydrogen (secondary N) is 4. The second-order valence-corrected chi connectivity index (χ2v) is 11.3. The highest BCUT2D eigenvalue weighted by Crippen LogP contribution is 2.27. The Balaban J connectivity index is 1.38. The average Bonchev–Trinajstić information content (AvgIpc) is 2.99. The molecule has 44 heavy (non-hydrogen) atoms. The highest BCUT2D eigenvalue weighted by molar-refractivity contribution is 7.89. The van der Waals surface area contributed by atoms with Crippen LogP contribution < -0.4 is 25.4 Å². The minimum atomic E-state index is -4.07. The van der Waals surface area contributed by atoms with Gasteiger partial charge in [-0.1, -0.05) is 24.3 Å². The standard InChI is InChI=1S/C30H30N6O7S/c1-19-6-3-4-8-23(19)34-30(40)35-25-11-9-20(14-27(25)43-2)15-28(37)33-21-10-12-24(32-17-21)26(16-29(38)39)36-44(41,42)22-7-5-13-31-18-22/h3-14,17-18,26,36H,15-16H2,1-2H3,(H,33,37)(H,38,39)(H2,34,35,40). The number of hydrogen-bond acceptors (Lipinski definition) is 8. The molecule has 0 aliphatic heterocycles. The van der Waals surface area contributed by atoms with Crippen LogP contribution in [0.4, 0.5) is 21.9 Å². The van der Waals surface area contributed by atoms with Crippen molar-refractivity contribution in [3.63, 3.8) is 0 Å². The minimum Gasteiger partial charge on any atom is -0.495 e. The smallest absolute Gasteiger partial charge is 0.323 e. The monoisotopic (exact) mass is 618 g/mol. The first-order valence-electron chi connectivity index (χ1n) is 13.2. The molecule has 4 aromatic rings. The average molecular weight is 619 g/mol. The number of carboxylic acids is 1. The number of carbonyl (C=O) groups excluding carboxylic acids is 2. The topological polar surface area (TPSA) is 189 Å². The third-order valence-electron chi connectivity index (χ3n) is 6.32. The van der Waals surface area contributed by atoms with Gasteiger partial charge in [0.2, 0.25) is 15.9 Å². The van der Waals surface area contributed by atoms with E-state index in [0.717, 1.165) is 11.8 Å². The first kappa shape index (κ1) is 31.6. The molecule has 0 aliphatic carbocycles. The number of nitrogens with zero attached hydrogens (tertiary/aromatic N) is 2. The van der Waals surface area contributed by atoms with E-state index in [4.69, 9.17) is 4.74 Å². The number of methoxy groups -OCH3 is 1. The maximum atomic E-state index is 12.8. The third kappa shape index (κ3) is 8.59. The molecule has 0 radical (unpaired) electrons. The Bertz CT molecular complexity index is 1750. The SMILES string of the molecule is COc1cc(CC(=O)Nc2ccc(C(CC(=O)O)NS(=O)(=O)c3cccnc3)nc2)ccc1NC(=O)Nc1ccccc1C. The predicted molar refractivity (Wildman–Crippen MR) is 163 cm³/mol. The molecule has 1 unspecified atom stereocenters. The molecule has 2 aromatic carbocycles. The fraction of sp³-hybridized carbons (Fsp3) is 0.167. The zero-order chi connectivity index (χ0) is 31.7. The van der Waals surface area contributed by atoms with E-state index >= 15 is 0 Å². The Morgan fingerprint density at radius 2 is 1.70 bits per heavy atom. The van der Waals surface area contributed by atoms with E-state index in [0.29, 0.717) is 28.4 Å². The number of hydrogen-bond donors (Lipinski definition) is 5. The van der Waals surface area contributed by atoms with Crippen LogP contribution in [0.2, 0.25) is 0 Å². The van der Waals surface area contributed by atoms with Crippen molar-refractivity contribution in [3.8, 4) is 5.75 Å². The first-order chi connectivity index (χ1) is 21.0. The number of sulfonamides is 1. The molecule has 1 atom stereocenters. The zero-order valence-corrected chi connectivity index (χ0v) is 24.6. The number of rotatable bonds is 12. The van der Waals surface area contributed by atoms with Crippen LogP contribution in [0.3, 0.4) is 0 Å². The number of anilines is 3. The fourth-order valence-electron chi connectivity index (χ4n) is 4.16. The van der Waals surface area contributed by atoms with E-state index in [2.05, 4.69) is 30.6 Å². The second-order valence-electron chi connectivity index (χ2n) is 9.59. The van der Waals surface area contributed by atoms with Gasteiger partial charge < -0.3 is 25.8 Å². The summed E-state index contributed by atoms with van der Waals surface area (Å²) in [5.74, 6) is -1.25. The van der Waals surface area contributed by atoms with Crippen molar-refractivity contribution in [1.82, 2.24) is 14.7 Å². The van der Waals surface area contributed by atoms with Crippen molar-refractivity contribution in [1.29, 1.82) is 0 Å². The number of carboxylic acid groups (broad SMARTS) is 1. The molecule has 0 saturated heterocycles. The third-order valence-corrected chi connectivity index (χ3v) is 7.78. The minimum absolute atomic E-state index is 0.0274. The Labute approximate surface area is 253 Å². The zero-order valence-electron chi connectivity index (χ0n) is 23.8. The van der Waals surface area contributed by atoms with E-state index in [1.54, 1.807) is 24.3 Å². The molecule has 0 aliphatic rings. The Hall–Kier alpha value is -5.34. The molecular weight excluding hydrogens is 588 g/mol. The highest BCUT2D eigenvalue weighted by atomic mass is 32.2. The van der Waals surface area contributed by atoms with Crippen molar-refractivity contribution in [2.24, 2.45) is 0 Å². The Morgan fingerprint density at radius 1 is 0.932 bits per heavy atom. The van der Waals surface area contributed by atoms with E-state index in [-0.39, 0.29) is 22.9 Å². The molecule has 0 fully saturated rings. The summed E-state index contributed by atoms with van der Waals surface area (Å²) in [4.78, 5) is 44.5. The summed E-state index contributed by atoms with van der Waals surface area (Å²) in [6.07, 6.45) is 3.29. The summed E-state index contributed by atoms with van der Waals surface area (Å²) >= 11 is 0. The summed E-state index contributed by atoms with van der Waals surface area (Å²) < 4.78 is 33.2. The van der Waals surface area contributed by atoms with Gasteiger partial charge in [0.15, 0.2) is 0 Å². The molecule has 14 heteroatoms. The lowest BCUT2D eigenvalue weighted by Crippen LogP contribution is -2.31. The van der Waals surface area contributed by atoms with Crippen LogP contribution in [0.1, 0.15) is 29.3 Å². The van der Waals surface area contributed by atoms with E-state index in [9.17, 15) is 27.9 Å². The number of urea groups is 1. The van der Waals surface area contributed by atoms with Crippen LogP contribution in [0.25, 0.3) is 0 Å². The van der Waals surface area contributed by atoms with Gasteiger partial charge in [0.25, 0.3) is 0 Å². The predicted octanol–water partition coefficient (Wildman–Crippen LogP) is 4.11. The van der Waals surface area contributed by atoms with Gasteiger partial charge in [-0.05, 0) is 60.5 Å². The lowest BCUT2D eigenvalue weighted by Gasteiger charge is -2.17. The summed E-state index contributed by atoms with van der Waals surface area (Å²) in [7, 11) is -2.62. The van der Waals surface area contributed by atoms with Crippen LogP contribution in [0, 0.1) is 6.92 Å². The number of benzene rings is 2. The number of ether oxygens (including phenoxy) is 1. The number of carbonyl (C=O) groups is 3. The number of para-hydroxylation sites is 1. The van der Waals surface area contributed by atoms with Crippen LogP contribution >= 0.6 is 0 Å². The molecule has 0 spiro atoms. The molecule has 2 heterocycles. The van der Waals surface area contributed by atoms with E-state index in [1.165, 1.54) is 43.8 Å². The Kier molecular flexibility index (Phi) is 10.2. The Morgan fingerprint density at radius 3 is 2.36 bits per heavy atom. The van der Waals surface area contributed by atoms with Crippen LogP contribution in [0.5, 0.6) is 5.75 Å². The number of aliphatic carboxylic acids is 1. The maximum absolute atomic E-state index is 12.8. The molecule has 13 nitrogen and oxygen atoms in total. The summed E-state index contributed by atoms with van der Waals surface area (Å²) in [6, 6.07) is 16.4. The fourth-order valence-corrected chi connectivity index (χ4v) is 5.33. The summed E-state index contributed by atoms with van der Waals surface area (Å²) in [5, 5.41) is 17.6. The largest absolute Gasteiger partial charge is 0.495 e. The van der Waals surface area contributed by atoms with Crippen molar-refractivity contribution >= 4 is 45.0 Å². The van der Waals surface area contributed by atoms with Gasteiger partial charge in [-0.25, -0.2) is 17.9 Å². The van der Waals surface area contributed by atoms with Gasteiger partial charge in [-0.2, -0.15) is 0 Å². The van der Waals surface area contributed by atoms with E-state index in [1.807, 2.05) is 25.1 Å². The van der Waals surface area contributed by atoms with Gasteiger partial charge in [0, 0.05) is 18.1 Å². The van der Waals surface area contributed by atoms with Crippen molar-refractivity contribution < 1.29 is 32.6 Å². The molecule has 4 rings (SSSR count). The van der Waals surface area contributed by atoms with Crippen molar-refractivity contribution in [2.45, 2.75) is 30.7 Å². The number of pyridine rings is 2. The number of aryl methyl sites for hydroxylation is 1. The van der Waals surface area contributed by atoms with Gasteiger partial charge >= 0.3 is 12.0 Å². The molecule has 2 aromatic heterocycles. The highest BCUT2D eigenvalue weighted by Gasteiger charge is 2.25. The summed E-state index contributed by atoms with van der Waals surface area (Å²) in [6.45, 7) is 1.88. The molecule has 3 amide bonds. The van der Waals surface area contributed by atoms with Crippen molar-refractivity contribution in [3.05, 3.63) is 102 Å². The van der Waals surface area contributed by atoms with Crippen LogP contribution in [0.15, 0.2) is 90.2 Å². The van der Waals surface area contributed by atoms with Gasteiger partial charge in [0.05, 0.1) is 49.3 Å². The normalized spacial score (nSPS) is 11.7. The molecule has 5 N–H and O–H groups in total. The number of amides is 3. The van der Waals surface area contributed by atoms with Crippen LogP contribution in [-0.4, -0.2) is 48.5 Å². The van der Waals surface area contributed by atoms with Gasteiger partial charge in [-0.3, -0.25) is 19.6 Å².